The average Bonchev–Trinajstić information content (AvgIpc) is 2.06. The molecule has 64 valence electrons. The Kier molecular flexibility index (Phi) is 2.12. The molecule has 0 fully saturated rings. The third-order valence-electron chi connectivity index (χ3n) is 1.35. The molecule has 0 amide bonds. The molecule has 0 spiro atoms. The van der Waals surface area contributed by atoms with Crippen molar-refractivity contribution in [1.29, 1.82) is 0 Å². The summed E-state index contributed by atoms with van der Waals surface area (Å²) in [6.07, 6.45) is 2.14. The molecule has 0 saturated heterocycles. The molecule has 12 heavy (non-hydrogen) atoms. The van der Waals surface area contributed by atoms with Gasteiger partial charge in [-0.3, -0.25) is 4.79 Å². The van der Waals surface area contributed by atoms with Crippen LogP contribution in [0.3, 0.4) is 0 Å². The van der Waals surface area contributed by atoms with Crippen molar-refractivity contribution in [3.05, 3.63) is 24.3 Å². The summed E-state index contributed by atoms with van der Waals surface area (Å²) in [6.45, 7) is 0.822. The lowest BCUT2D eigenvalue weighted by molar-refractivity contribution is -0.142. The van der Waals surface area contributed by atoms with E-state index in [4.69, 9.17) is 0 Å². The van der Waals surface area contributed by atoms with Gasteiger partial charge in [0.1, 0.15) is 12.0 Å². The fourth-order valence-corrected chi connectivity index (χ4v) is 0.657. The number of aromatic nitrogens is 2. The third kappa shape index (κ3) is 1.44. The van der Waals surface area contributed by atoms with Gasteiger partial charge in [0.15, 0.2) is 0 Å². The van der Waals surface area contributed by atoms with Crippen LogP contribution < -0.4 is 0 Å². The second-order valence-corrected chi connectivity index (χ2v) is 2.23. The first-order chi connectivity index (χ1) is 5.55. The minimum absolute atomic E-state index is 0.565. The van der Waals surface area contributed by atoms with Gasteiger partial charge < -0.3 is 0 Å². The van der Waals surface area contributed by atoms with Crippen LogP contribution in [0.15, 0.2) is 18.6 Å². The molecule has 1 aromatic rings. The fraction of sp³-hybridized carbons (Fsp3) is 0.286. The van der Waals surface area contributed by atoms with E-state index in [0.29, 0.717) is 0 Å². The number of alkyl halides is 2. The Morgan fingerprint density at radius 1 is 1.58 bits per heavy atom. The number of nitrogens with zero attached hydrogens (tertiary/aromatic N) is 2. The van der Waals surface area contributed by atoms with E-state index in [1.165, 1.54) is 6.20 Å². The first-order valence-electron chi connectivity index (χ1n) is 3.20. The zero-order valence-corrected chi connectivity index (χ0v) is 6.29. The number of hydrogen-bond donors (Lipinski definition) is 0. The van der Waals surface area contributed by atoms with Gasteiger partial charge in [-0.25, -0.2) is 9.97 Å². The van der Waals surface area contributed by atoms with E-state index >= 15 is 0 Å². The Hall–Kier alpha value is -1.39. The van der Waals surface area contributed by atoms with Crippen LogP contribution >= 0.6 is 0 Å². The lowest BCUT2D eigenvalue weighted by Crippen LogP contribution is -2.24. The Bertz CT molecular complexity index is 287. The van der Waals surface area contributed by atoms with E-state index in [1.54, 1.807) is 0 Å². The average molecular weight is 172 g/mol. The number of hydrogen-bond acceptors (Lipinski definition) is 3. The molecule has 0 aliphatic rings. The monoisotopic (exact) mass is 172 g/mol. The standard InChI is InChI=1S/C7H6F2N2O/c1-5(12)7(8,9)6-2-3-10-4-11-6/h2-4H,1H3. The molecule has 1 aromatic heterocycles. The molecule has 0 bridgehead atoms. The van der Waals surface area contributed by atoms with E-state index in [2.05, 4.69) is 9.97 Å². The molecule has 1 rings (SSSR count). The van der Waals surface area contributed by atoms with Gasteiger partial charge in [-0.2, -0.15) is 8.78 Å². The zero-order valence-electron chi connectivity index (χ0n) is 6.29. The molecule has 0 unspecified atom stereocenters. The molecular weight excluding hydrogens is 166 g/mol. The fourth-order valence-electron chi connectivity index (χ4n) is 0.657. The van der Waals surface area contributed by atoms with Gasteiger partial charge in [-0.05, 0) is 6.07 Å². The number of halogens is 2. The van der Waals surface area contributed by atoms with Gasteiger partial charge in [0.05, 0.1) is 0 Å². The minimum atomic E-state index is -3.50. The highest BCUT2D eigenvalue weighted by atomic mass is 19.3. The largest absolute Gasteiger partial charge is 0.346 e. The van der Waals surface area contributed by atoms with Crippen LogP contribution in [-0.2, 0) is 10.7 Å². The normalized spacial score (nSPS) is 11.2. The van der Waals surface area contributed by atoms with Crippen molar-refractivity contribution in [2.75, 3.05) is 0 Å². The van der Waals surface area contributed by atoms with Gasteiger partial charge in [-0.15, -0.1) is 0 Å². The predicted octanol–water partition coefficient (Wildman–Crippen LogP) is 1.16. The number of Topliss-reactive ketones (excluding diaryl/α,β-unsaturated/α-hetero) is 1. The van der Waals surface area contributed by atoms with Crippen LogP contribution in [0.1, 0.15) is 12.6 Å². The first kappa shape index (κ1) is 8.70. The molecule has 3 nitrogen and oxygen atoms in total. The number of ketones is 1. The van der Waals surface area contributed by atoms with Crippen molar-refractivity contribution in [2.24, 2.45) is 0 Å². The molecule has 0 aromatic carbocycles. The number of rotatable bonds is 2. The maximum atomic E-state index is 12.8. The topological polar surface area (TPSA) is 42.9 Å². The number of carbonyl (C=O) groups excluding carboxylic acids is 1. The Morgan fingerprint density at radius 2 is 2.25 bits per heavy atom. The molecule has 0 aliphatic heterocycles. The summed E-state index contributed by atoms with van der Waals surface area (Å²) in [4.78, 5) is 17.2. The molecule has 5 heteroatoms. The summed E-state index contributed by atoms with van der Waals surface area (Å²) >= 11 is 0. The van der Waals surface area contributed by atoms with Crippen LogP contribution in [-0.4, -0.2) is 15.8 Å². The van der Waals surface area contributed by atoms with Gasteiger partial charge >= 0.3 is 5.92 Å². The van der Waals surface area contributed by atoms with E-state index in [1.807, 2.05) is 0 Å². The molecule has 0 N–H and O–H groups in total. The first-order valence-corrected chi connectivity index (χ1v) is 3.20. The molecule has 0 radical (unpaired) electrons. The summed E-state index contributed by atoms with van der Waals surface area (Å²) in [6, 6.07) is 1.02. The Labute approximate surface area is 67.5 Å². The lowest BCUT2D eigenvalue weighted by atomic mass is 10.1. The van der Waals surface area contributed by atoms with E-state index in [0.717, 1.165) is 19.3 Å². The number of carbonyl (C=O) groups is 1. The summed E-state index contributed by atoms with van der Waals surface area (Å²) in [5.74, 6) is -4.72. The van der Waals surface area contributed by atoms with Crippen molar-refractivity contribution in [3.63, 3.8) is 0 Å². The highest BCUT2D eigenvalue weighted by Crippen LogP contribution is 2.26. The van der Waals surface area contributed by atoms with E-state index < -0.39 is 17.4 Å². The SMILES string of the molecule is CC(=O)C(F)(F)c1ccncn1. The van der Waals surface area contributed by atoms with Gasteiger partial charge in [0.2, 0.25) is 5.78 Å². The van der Waals surface area contributed by atoms with Gasteiger partial charge in [0.25, 0.3) is 0 Å². The molecule has 0 aliphatic carbocycles. The lowest BCUT2D eigenvalue weighted by Gasteiger charge is -2.10. The van der Waals surface area contributed by atoms with Gasteiger partial charge in [0, 0.05) is 13.1 Å². The summed E-state index contributed by atoms with van der Waals surface area (Å²) in [5, 5.41) is 0. The summed E-state index contributed by atoms with van der Waals surface area (Å²) < 4.78 is 25.7. The third-order valence-corrected chi connectivity index (χ3v) is 1.35. The molecule has 1 heterocycles. The zero-order chi connectivity index (χ0) is 9.19. The van der Waals surface area contributed by atoms with Crippen LogP contribution in [0.4, 0.5) is 8.78 Å². The molecular formula is C7H6F2N2O. The second kappa shape index (κ2) is 2.92. The molecule has 0 atom stereocenters. The highest BCUT2D eigenvalue weighted by Gasteiger charge is 2.38. The van der Waals surface area contributed by atoms with Crippen molar-refractivity contribution < 1.29 is 13.6 Å². The highest BCUT2D eigenvalue weighted by molar-refractivity contribution is 5.83. The van der Waals surface area contributed by atoms with Crippen LogP contribution in [0, 0.1) is 0 Å². The second-order valence-electron chi connectivity index (χ2n) is 2.23. The van der Waals surface area contributed by atoms with E-state index in [9.17, 15) is 13.6 Å². The predicted molar refractivity (Wildman–Crippen MR) is 36.6 cm³/mol. The van der Waals surface area contributed by atoms with Crippen molar-refractivity contribution >= 4 is 5.78 Å². The van der Waals surface area contributed by atoms with Crippen molar-refractivity contribution in [2.45, 2.75) is 12.8 Å². The van der Waals surface area contributed by atoms with Crippen molar-refractivity contribution in [3.8, 4) is 0 Å². The van der Waals surface area contributed by atoms with Crippen molar-refractivity contribution in [1.82, 2.24) is 9.97 Å². The Morgan fingerprint density at radius 3 is 2.67 bits per heavy atom. The van der Waals surface area contributed by atoms with Crippen LogP contribution in [0.2, 0.25) is 0 Å². The smallest absolute Gasteiger partial charge is 0.293 e. The van der Waals surface area contributed by atoms with Gasteiger partial charge in [-0.1, -0.05) is 0 Å². The molecule has 0 saturated carbocycles. The summed E-state index contributed by atoms with van der Waals surface area (Å²) in [7, 11) is 0. The summed E-state index contributed by atoms with van der Waals surface area (Å²) in [5.41, 5.74) is -0.565. The quantitative estimate of drug-likeness (QED) is 0.672. The minimum Gasteiger partial charge on any atom is -0.293 e. The maximum absolute atomic E-state index is 12.8. The van der Waals surface area contributed by atoms with Crippen LogP contribution in [0.5, 0.6) is 0 Å². The Balaban J connectivity index is 3.06. The van der Waals surface area contributed by atoms with E-state index in [-0.39, 0.29) is 0 Å². The van der Waals surface area contributed by atoms with Crippen LogP contribution in [0.25, 0.3) is 0 Å². The maximum Gasteiger partial charge on any atom is 0.346 e.